The maximum atomic E-state index is 12.4. The highest BCUT2D eigenvalue weighted by Crippen LogP contribution is 2.22. The van der Waals surface area contributed by atoms with Gasteiger partial charge in [0.05, 0.1) is 13.5 Å². The molecule has 118 valence electrons. The van der Waals surface area contributed by atoms with E-state index in [4.69, 9.17) is 10.5 Å². The van der Waals surface area contributed by atoms with Crippen molar-refractivity contribution in [2.45, 2.75) is 25.7 Å². The first-order chi connectivity index (χ1) is 9.74. The van der Waals surface area contributed by atoms with Crippen LogP contribution >= 0.6 is 12.4 Å². The minimum atomic E-state index is 0. The van der Waals surface area contributed by atoms with Gasteiger partial charge < -0.3 is 15.4 Å². The number of amides is 1. The third kappa shape index (κ3) is 4.90. The number of piperidine rings is 1. The normalized spacial score (nSPS) is 18.0. The number of hydrogen-bond acceptors (Lipinski definition) is 3. The van der Waals surface area contributed by atoms with E-state index in [2.05, 4.69) is 0 Å². The Hall–Kier alpha value is -1.26. The summed E-state index contributed by atoms with van der Waals surface area (Å²) >= 11 is 0. The smallest absolute Gasteiger partial charge is 0.227 e. The van der Waals surface area contributed by atoms with E-state index in [1.165, 1.54) is 6.42 Å². The summed E-state index contributed by atoms with van der Waals surface area (Å²) in [4.78, 5) is 14.4. The van der Waals surface area contributed by atoms with Crippen LogP contribution in [0.5, 0.6) is 5.75 Å². The fraction of sp³-hybridized carbons (Fsp3) is 0.562. The summed E-state index contributed by atoms with van der Waals surface area (Å²) in [5.41, 5.74) is 6.58. The lowest BCUT2D eigenvalue weighted by Crippen LogP contribution is -2.41. The average Bonchev–Trinajstić information content (AvgIpc) is 2.48. The number of para-hydroxylation sites is 1. The molecule has 0 saturated carbocycles. The minimum Gasteiger partial charge on any atom is -0.496 e. The monoisotopic (exact) mass is 312 g/mol. The summed E-state index contributed by atoms with van der Waals surface area (Å²) in [7, 11) is 1.64. The van der Waals surface area contributed by atoms with Crippen LogP contribution in [0, 0.1) is 5.92 Å². The van der Waals surface area contributed by atoms with Crippen molar-refractivity contribution in [1.82, 2.24) is 4.90 Å². The van der Waals surface area contributed by atoms with Gasteiger partial charge in [0, 0.05) is 18.7 Å². The highest BCUT2D eigenvalue weighted by molar-refractivity contribution is 5.85. The van der Waals surface area contributed by atoms with Gasteiger partial charge in [-0.2, -0.15) is 0 Å². The second-order valence-electron chi connectivity index (χ2n) is 5.41. The van der Waals surface area contributed by atoms with Crippen LogP contribution in [0.25, 0.3) is 0 Å². The molecule has 0 radical (unpaired) electrons. The number of benzene rings is 1. The van der Waals surface area contributed by atoms with Crippen molar-refractivity contribution in [3.63, 3.8) is 0 Å². The number of methoxy groups -OCH3 is 1. The van der Waals surface area contributed by atoms with Gasteiger partial charge >= 0.3 is 0 Å². The number of nitrogens with zero attached hydrogens (tertiary/aromatic N) is 1. The van der Waals surface area contributed by atoms with Crippen LogP contribution in [0.3, 0.4) is 0 Å². The van der Waals surface area contributed by atoms with Crippen LogP contribution in [-0.2, 0) is 11.2 Å². The highest BCUT2D eigenvalue weighted by Gasteiger charge is 2.23. The van der Waals surface area contributed by atoms with E-state index in [9.17, 15) is 4.79 Å². The number of carbonyl (C=O) groups is 1. The van der Waals surface area contributed by atoms with Crippen LogP contribution in [0.15, 0.2) is 24.3 Å². The molecule has 0 spiro atoms. The molecule has 1 heterocycles. The van der Waals surface area contributed by atoms with Gasteiger partial charge in [0.2, 0.25) is 5.91 Å². The number of halogens is 1. The van der Waals surface area contributed by atoms with Crippen molar-refractivity contribution in [1.29, 1.82) is 0 Å². The SMILES string of the molecule is COc1ccccc1CC(=O)N1CCCC(CCN)C1.Cl. The standard InChI is InChI=1S/C16H24N2O2.ClH/c1-20-15-7-3-2-6-14(15)11-16(19)18-10-4-5-13(12-18)8-9-17;/h2-3,6-7,13H,4-5,8-12,17H2,1H3;1H. The Morgan fingerprint density at radius 3 is 2.90 bits per heavy atom. The molecule has 1 fully saturated rings. The lowest BCUT2D eigenvalue weighted by molar-refractivity contribution is -0.132. The molecular weight excluding hydrogens is 288 g/mol. The zero-order valence-electron chi connectivity index (χ0n) is 12.6. The summed E-state index contributed by atoms with van der Waals surface area (Å²) in [6, 6.07) is 7.72. The molecule has 2 N–H and O–H groups in total. The van der Waals surface area contributed by atoms with Crippen LogP contribution < -0.4 is 10.5 Å². The van der Waals surface area contributed by atoms with Gasteiger partial charge in [0.15, 0.2) is 0 Å². The Morgan fingerprint density at radius 2 is 2.19 bits per heavy atom. The molecule has 1 aromatic carbocycles. The maximum absolute atomic E-state index is 12.4. The lowest BCUT2D eigenvalue weighted by atomic mass is 9.94. The van der Waals surface area contributed by atoms with Crippen LogP contribution in [0.4, 0.5) is 0 Å². The molecule has 0 aliphatic carbocycles. The number of carbonyl (C=O) groups excluding carboxylic acids is 1. The van der Waals surface area contributed by atoms with Gasteiger partial charge in [-0.1, -0.05) is 18.2 Å². The van der Waals surface area contributed by atoms with Crippen molar-refractivity contribution in [3.8, 4) is 5.75 Å². The topological polar surface area (TPSA) is 55.6 Å². The molecule has 1 aliphatic heterocycles. The van der Waals surface area contributed by atoms with Crippen molar-refractivity contribution in [3.05, 3.63) is 29.8 Å². The van der Waals surface area contributed by atoms with Gasteiger partial charge in [-0.15, -0.1) is 12.4 Å². The van der Waals surface area contributed by atoms with Gasteiger partial charge in [-0.25, -0.2) is 0 Å². The molecule has 0 bridgehead atoms. The summed E-state index contributed by atoms with van der Waals surface area (Å²) in [6.45, 7) is 2.43. The Bertz CT molecular complexity index is 452. The van der Waals surface area contributed by atoms with Crippen molar-refractivity contribution in [2.75, 3.05) is 26.7 Å². The van der Waals surface area contributed by atoms with E-state index < -0.39 is 0 Å². The van der Waals surface area contributed by atoms with Gasteiger partial charge in [0.1, 0.15) is 5.75 Å². The summed E-state index contributed by atoms with van der Waals surface area (Å²) in [5, 5.41) is 0. The molecule has 1 unspecified atom stereocenters. The predicted octanol–water partition coefficient (Wildman–Crippen LogP) is 2.25. The summed E-state index contributed by atoms with van der Waals surface area (Å²) in [6.07, 6.45) is 3.70. The number of nitrogens with two attached hydrogens (primary N) is 1. The Morgan fingerprint density at radius 1 is 1.43 bits per heavy atom. The Labute approximate surface area is 133 Å². The van der Waals surface area contributed by atoms with Crippen molar-refractivity contribution >= 4 is 18.3 Å². The lowest BCUT2D eigenvalue weighted by Gasteiger charge is -2.32. The van der Waals surface area contributed by atoms with E-state index in [0.29, 0.717) is 18.9 Å². The first kappa shape index (κ1) is 17.8. The van der Waals surface area contributed by atoms with Crippen LogP contribution in [-0.4, -0.2) is 37.6 Å². The number of ether oxygens (including phenoxy) is 1. The van der Waals surface area contributed by atoms with Crippen molar-refractivity contribution in [2.24, 2.45) is 11.7 Å². The van der Waals surface area contributed by atoms with E-state index >= 15 is 0 Å². The fourth-order valence-electron chi connectivity index (χ4n) is 2.89. The van der Waals surface area contributed by atoms with Gasteiger partial charge in [-0.05, 0) is 37.8 Å². The summed E-state index contributed by atoms with van der Waals surface area (Å²) in [5.74, 6) is 1.54. The quantitative estimate of drug-likeness (QED) is 0.907. The maximum Gasteiger partial charge on any atom is 0.227 e. The minimum absolute atomic E-state index is 0. The second kappa shape index (κ2) is 8.90. The first-order valence-electron chi connectivity index (χ1n) is 7.34. The molecule has 1 amide bonds. The molecule has 0 aromatic heterocycles. The first-order valence-corrected chi connectivity index (χ1v) is 7.34. The summed E-state index contributed by atoms with van der Waals surface area (Å²) < 4.78 is 5.31. The molecule has 1 atom stereocenters. The highest BCUT2D eigenvalue weighted by atomic mass is 35.5. The average molecular weight is 313 g/mol. The van der Waals surface area contributed by atoms with E-state index in [-0.39, 0.29) is 18.3 Å². The molecule has 1 saturated heterocycles. The Kier molecular flexibility index (Phi) is 7.54. The van der Waals surface area contributed by atoms with Gasteiger partial charge in [-0.3, -0.25) is 4.79 Å². The van der Waals surface area contributed by atoms with E-state index in [1.807, 2.05) is 29.2 Å². The molecule has 1 aliphatic rings. The number of hydrogen-bond donors (Lipinski definition) is 1. The third-order valence-electron chi connectivity index (χ3n) is 3.98. The zero-order chi connectivity index (χ0) is 14.4. The molecule has 2 rings (SSSR count). The molecule has 4 nitrogen and oxygen atoms in total. The van der Waals surface area contributed by atoms with Crippen LogP contribution in [0.1, 0.15) is 24.8 Å². The third-order valence-corrected chi connectivity index (χ3v) is 3.98. The number of rotatable bonds is 5. The molecular formula is C16H25ClN2O2. The molecule has 21 heavy (non-hydrogen) atoms. The molecule has 5 heteroatoms. The molecule has 1 aromatic rings. The number of likely N-dealkylation sites (tertiary alicyclic amines) is 1. The second-order valence-corrected chi connectivity index (χ2v) is 5.41. The fourth-order valence-corrected chi connectivity index (χ4v) is 2.89. The largest absolute Gasteiger partial charge is 0.496 e. The van der Waals surface area contributed by atoms with Gasteiger partial charge in [0.25, 0.3) is 0 Å². The van der Waals surface area contributed by atoms with Crippen LogP contribution in [0.2, 0.25) is 0 Å². The van der Waals surface area contributed by atoms with E-state index in [0.717, 1.165) is 37.2 Å². The zero-order valence-corrected chi connectivity index (χ0v) is 13.4. The van der Waals surface area contributed by atoms with E-state index in [1.54, 1.807) is 7.11 Å². The predicted molar refractivity (Wildman–Crippen MR) is 86.9 cm³/mol. The Balaban J connectivity index is 0.00000220. The van der Waals surface area contributed by atoms with Crippen molar-refractivity contribution < 1.29 is 9.53 Å².